The summed E-state index contributed by atoms with van der Waals surface area (Å²) >= 11 is 1.69. The van der Waals surface area contributed by atoms with Crippen LogP contribution < -0.4 is 15.5 Å². The van der Waals surface area contributed by atoms with Crippen LogP contribution in [-0.4, -0.2) is 36.2 Å². The Hall–Kier alpha value is -2.58. The van der Waals surface area contributed by atoms with Crippen LogP contribution in [0.1, 0.15) is 44.1 Å². The maximum absolute atomic E-state index is 12.9. The number of anilines is 2. The van der Waals surface area contributed by atoms with Crippen LogP contribution in [0.2, 0.25) is 0 Å². The molecular formula is C27H31F3N4S. The van der Waals surface area contributed by atoms with Gasteiger partial charge >= 0.3 is 6.18 Å². The van der Waals surface area contributed by atoms with Crippen molar-refractivity contribution >= 4 is 22.2 Å². The average molecular weight is 501 g/mol. The predicted octanol–water partition coefficient (Wildman–Crippen LogP) is 6.81. The Bertz CT molecular complexity index is 1080. The van der Waals surface area contributed by atoms with Gasteiger partial charge in [-0.3, -0.25) is 0 Å². The number of nitrogens with zero attached hydrogens (tertiary/aromatic N) is 2. The quantitative estimate of drug-likeness (QED) is 0.390. The molecule has 1 aromatic heterocycles. The Morgan fingerprint density at radius 3 is 2.37 bits per heavy atom. The Morgan fingerprint density at radius 1 is 0.886 bits per heavy atom. The molecule has 4 nitrogen and oxygen atoms in total. The Morgan fingerprint density at radius 2 is 1.63 bits per heavy atom. The normalized spacial score (nSPS) is 23.3. The van der Waals surface area contributed by atoms with E-state index in [1.807, 2.05) is 24.4 Å². The number of hydrogen-bond donors (Lipinski definition) is 2. The van der Waals surface area contributed by atoms with Gasteiger partial charge in [0.15, 0.2) is 5.13 Å². The number of rotatable bonds is 6. The average Bonchev–Trinajstić information content (AvgIpc) is 3.34. The first kappa shape index (κ1) is 24.1. The number of aromatic nitrogens is 1. The minimum absolute atomic E-state index is 0.314. The molecule has 2 aliphatic rings. The lowest BCUT2D eigenvalue weighted by molar-refractivity contribution is -0.137. The third-order valence-electron chi connectivity index (χ3n) is 7.07. The molecule has 186 valence electrons. The van der Waals surface area contributed by atoms with E-state index >= 15 is 0 Å². The first-order valence-corrected chi connectivity index (χ1v) is 13.2. The number of thiazole rings is 1. The molecule has 35 heavy (non-hydrogen) atoms. The van der Waals surface area contributed by atoms with E-state index in [1.54, 1.807) is 23.5 Å². The van der Waals surface area contributed by atoms with Gasteiger partial charge in [0.1, 0.15) is 0 Å². The summed E-state index contributed by atoms with van der Waals surface area (Å²) in [6.45, 7) is 1.68. The second-order valence-corrected chi connectivity index (χ2v) is 10.6. The fourth-order valence-electron chi connectivity index (χ4n) is 5.25. The third kappa shape index (κ3) is 5.98. The summed E-state index contributed by atoms with van der Waals surface area (Å²) in [5.74, 6) is 0. The molecule has 1 unspecified atom stereocenters. The van der Waals surface area contributed by atoms with Crippen LogP contribution in [0.15, 0.2) is 60.8 Å². The van der Waals surface area contributed by atoms with Crippen molar-refractivity contribution in [3.63, 3.8) is 0 Å². The van der Waals surface area contributed by atoms with E-state index in [2.05, 4.69) is 32.7 Å². The van der Waals surface area contributed by atoms with Crippen molar-refractivity contribution in [2.75, 3.05) is 23.3 Å². The van der Waals surface area contributed by atoms with E-state index in [0.717, 1.165) is 54.5 Å². The molecule has 3 atom stereocenters. The maximum Gasteiger partial charge on any atom is 0.416 e. The zero-order valence-electron chi connectivity index (χ0n) is 19.6. The van der Waals surface area contributed by atoms with Crippen molar-refractivity contribution in [1.29, 1.82) is 0 Å². The van der Waals surface area contributed by atoms with Gasteiger partial charge in [-0.25, -0.2) is 4.98 Å². The van der Waals surface area contributed by atoms with E-state index in [9.17, 15) is 13.2 Å². The fourth-order valence-corrected chi connectivity index (χ4v) is 6.13. The lowest BCUT2D eigenvalue weighted by Gasteiger charge is -2.40. The Labute approximate surface area is 208 Å². The molecule has 0 amide bonds. The molecule has 3 aromatic rings. The third-order valence-corrected chi connectivity index (χ3v) is 8.05. The van der Waals surface area contributed by atoms with Gasteiger partial charge in [-0.15, -0.1) is 0 Å². The summed E-state index contributed by atoms with van der Waals surface area (Å²) in [6.07, 6.45) is 4.38. The summed E-state index contributed by atoms with van der Waals surface area (Å²) in [4.78, 5) is 8.00. The van der Waals surface area contributed by atoms with E-state index in [1.165, 1.54) is 30.5 Å². The molecule has 0 radical (unpaired) electrons. The molecular weight excluding hydrogens is 469 g/mol. The van der Waals surface area contributed by atoms with Gasteiger partial charge in [-0.1, -0.05) is 54.5 Å². The van der Waals surface area contributed by atoms with Crippen molar-refractivity contribution in [3.8, 4) is 10.4 Å². The standard InChI is InChI=1S/C27H31F3N4S/c28-27(29,30)20-12-14-22(15-13-20)34-16-6-9-21(18-34)32-23-10-4-5-11-24(23)33-26-31-17-25(35-26)19-7-2-1-3-8-19/h1-3,7-8,12-15,17,21,23-24,32H,4-6,9-11,16,18H2,(H,31,33)/t21?,23-,24-/m1/s1. The first-order valence-electron chi connectivity index (χ1n) is 12.4. The van der Waals surface area contributed by atoms with E-state index < -0.39 is 11.7 Å². The van der Waals surface area contributed by atoms with Crippen LogP contribution in [0.5, 0.6) is 0 Å². The molecule has 2 heterocycles. The van der Waals surface area contributed by atoms with Crippen LogP contribution in [-0.2, 0) is 6.18 Å². The number of piperidine rings is 1. The second-order valence-electron chi connectivity index (χ2n) is 9.53. The highest BCUT2D eigenvalue weighted by Gasteiger charge is 2.32. The number of benzene rings is 2. The Kier molecular flexibility index (Phi) is 7.29. The van der Waals surface area contributed by atoms with Crippen LogP contribution in [0.25, 0.3) is 10.4 Å². The molecule has 8 heteroatoms. The Balaban J connectivity index is 1.21. The van der Waals surface area contributed by atoms with Gasteiger partial charge in [0, 0.05) is 43.1 Å². The van der Waals surface area contributed by atoms with Gasteiger partial charge in [-0.2, -0.15) is 13.2 Å². The molecule has 2 aromatic carbocycles. The summed E-state index contributed by atoms with van der Waals surface area (Å²) in [5, 5.41) is 8.55. The smallest absolute Gasteiger partial charge is 0.370 e. The predicted molar refractivity (Wildman–Crippen MR) is 137 cm³/mol. The monoisotopic (exact) mass is 500 g/mol. The van der Waals surface area contributed by atoms with E-state index in [0.29, 0.717) is 18.1 Å². The lowest BCUT2D eigenvalue weighted by Crippen LogP contribution is -2.54. The second kappa shape index (κ2) is 10.6. The molecule has 2 fully saturated rings. The summed E-state index contributed by atoms with van der Waals surface area (Å²) in [7, 11) is 0. The van der Waals surface area contributed by atoms with Crippen LogP contribution in [0, 0.1) is 0 Å². The van der Waals surface area contributed by atoms with Crippen molar-refractivity contribution in [3.05, 3.63) is 66.4 Å². The summed E-state index contributed by atoms with van der Waals surface area (Å²) in [6, 6.07) is 16.9. The minimum atomic E-state index is -4.30. The summed E-state index contributed by atoms with van der Waals surface area (Å²) < 4.78 is 38.8. The largest absolute Gasteiger partial charge is 0.416 e. The van der Waals surface area contributed by atoms with E-state index in [4.69, 9.17) is 0 Å². The van der Waals surface area contributed by atoms with Crippen LogP contribution in [0.3, 0.4) is 0 Å². The molecule has 1 saturated carbocycles. The number of alkyl halides is 3. The SMILES string of the molecule is FC(F)(F)c1ccc(N2CCCC(N[C@@H]3CCCC[C@H]3Nc3ncc(-c4ccccc4)s3)C2)cc1. The van der Waals surface area contributed by atoms with Crippen molar-refractivity contribution in [2.45, 2.75) is 62.8 Å². The topological polar surface area (TPSA) is 40.2 Å². The van der Waals surface area contributed by atoms with Crippen molar-refractivity contribution < 1.29 is 13.2 Å². The molecule has 0 bridgehead atoms. The van der Waals surface area contributed by atoms with Crippen molar-refractivity contribution in [2.24, 2.45) is 0 Å². The van der Waals surface area contributed by atoms with Gasteiger partial charge in [0.25, 0.3) is 0 Å². The van der Waals surface area contributed by atoms with Gasteiger partial charge in [0.2, 0.25) is 0 Å². The highest BCUT2D eigenvalue weighted by molar-refractivity contribution is 7.18. The lowest BCUT2D eigenvalue weighted by atomic mass is 9.89. The van der Waals surface area contributed by atoms with Gasteiger partial charge in [-0.05, 0) is 55.5 Å². The van der Waals surface area contributed by atoms with Crippen LogP contribution >= 0.6 is 11.3 Å². The van der Waals surface area contributed by atoms with Crippen LogP contribution in [0.4, 0.5) is 24.0 Å². The summed E-state index contributed by atoms with van der Waals surface area (Å²) in [5.41, 5.74) is 1.45. The molecule has 2 N–H and O–H groups in total. The van der Waals surface area contributed by atoms with E-state index in [-0.39, 0.29) is 0 Å². The zero-order valence-corrected chi connectivity index (χ0v) is 20.4. The number of nitrogens with one attached hydrogen (secondary N) is 2. The van der Waals surface area contributed by atoms with Crippen molar-refractivity contribution in [1.82, 2.24) is 10.3 Å². The molecule has 5 rings (SSSR count). The molecule has 1 aliphatic carbocycles. The van der Waals surface area contributed by atoms with Gasteiger partial charge in [0.05, 0.1) is 10.4 Å². The van der Waals surface area contributed by atoms with Gasteiger partial charge < -0.3 is 15.5 Å². The molecule has 1 saturated heterocycles. The first-order chi connectivity index (χ1) is 17.0. The highest BCUT2D eigenvalue weighted by atomic mass is 32.1. The minimum Gasteiger partial charge on any atom is -0.370 e. The fraction of sp³-hybridized carbons (Fsp3) is 0.444. The number of hydrogen-bond acceptors (Lipinski definition) is 5. The molecule has 1 aliphatic heterocycles. The number of halogens is 3. The zero-order chi connectivity index (χ0) is 24.3. The molecule has 0 spiro atoms. The maximum atomic E-state index is 12.9. The highest BCUT2D eigenvalue weighted by Crippen LogP contribution is 2.33.